The molecule has 0 unspecified atom stereocenters. The molecule has 2 aromatic heterocycles. The second kappa shape index (κ2) is 5.46. The molecule has 104 valence electrons. The number of pyridine rings is 1. The molecule has 3 heterocycles. The van der Waals surface area contributed by atoms with E-state index in [2.05, 4.69) is 25.9 Å². The Kier molecular flexibility index (Phi) is 3.68. The first-order valence-corrected chi connectivity index (χ1v) is 7.15. The average molecular weight is 289 g/mol. The lowest BCUT2D eigenvalue weighted by atomic mass is 10.1. The highest BCUT2D eigenvalue weighted by Crippen LogP contribution is 2.20. The maximum absolute atomic E-state index is 5.90. The van der Waals surface area contributed by atoms with Crippen LogP contribution in [0.5, 0.6) is 0 Å². The summed E-state index contributed by atoms with van der Waals surface area (Å²) in [5, 5.41) is 0.555. The monoisotopic (exact) mass is 288 g/mol. The third kappa shape index (κ3) is 2.81. The van der Waals surface area contributed by atoms with E-state index in [0.717, 1.165) is 37.6 Å². The van der Waals surface area contributed by atoms with Crippen molar-refractivity contribution in [3.8, 4) is 0 Å². The Morgan fingerprint density at radius 3 is 2.90 bits per heavy atom. The van der Waals surface area contributed by atoms with Crippen LogP contribution in [0.2, 0.25) is 5.15 Å². The quantitative estimate of drug-likeness (QED) is 0.797. The van der Waals surface area contributed by atoms with Crippen molar-refractivity contribution in [3.05, 3.63) is 51.8 Å². The maximum Gasteiger partial charge on any atom is 0.129 e. The Balaban J connectivity index is 1.75. The number of aryl methyl sites for hydroxylation is 2. The summed E-state index contributed by atoms with van der Waals surface area (Å²) in [6.45, 7) is 6.76. The van der Waals surface area contributed by atoms with Crippen molar-refractivity contribution in [1.82, 2.24) is 19.9 Å². The van der Waals surface area contributed by atoms with Crippen molar-refractivity contribution in [3.63, 3.8) is 0 Å². The third-order valence-electron chi connectivity index (χ3n) is 3.69. The van der Waals surface area contributed by atoms with Crippen molar-refractivity contribution < 1.29 is 0 Å². The molecule has 0 aromatic carbocycles. The number of fused-ring (bicyclic) bond motifs is 1. The van der Waals surface area contributed by atoms with E-state index in [1.807, 2.05) is 26.1 Å². The maximum atomic E-state index is 5.90. The van der Waals surface area contributed by atoms with E-state index in [0.29, 0.717) is 5.15 Å². The van der Waals surface area contributed by atoms with Gasteiger partial charge in [-0.3, -0.25) is 4.90 Å². The lowest BCUT2D eigenvalue weighted by Gasteiger charge is -2.28. The summed E-state index contributed by atoms with van der Waals surface area (Å²) in [6.07, 6.45) is 2.94. The molecule has 2 aromatic rings. The number of rotatable bonds is 2. The van der Waals surface area contributed by atoms with Crippen molar-refractivity contribution in [2.24, 2.45) is 0 Å². The number of aromatic nitrogens is 3. The first-order valence-electron chi connectivity index (χ1n) is 6.77. The van der Waals surface area contributed by atoms with E-state index in [9.17, 15) is 0 Å². The zero-order valence-electron chi connectivity index (χ0n) is 11.7. The number of hydrogen-bond acceptors (Lipinski definition) is 4. The molecule has 4 nitrogen and oxygen atoms in total. The summed E-state index contributed by atoms with van der Waals surface area (Å²) in [4.78, 5) is 15.5. The summed E-state index contributed by atoms with van der Waals surface area (Å²) in [7, 11) is 0. The van der Waals surface area contributed by atoms with Crippen LogP contribution < -0.4 is 0 Å². The molecule has 0 atom stereocenters. The fourth-order valence-electron chi connectivity index (χ4n) is 2.58. The van der Waals surface area contributed by atoms with Gasteiger partial charge in [-0.1, -0.05) is 17.7 Å². The molecule has 0 spiro atoms. The van der Waals surface area contributed by atoms with Crippen LogP contribution in [0.4, 0.5) is 0 Å². The van der Waals surface area contributed by atoms with Crippen molar-refractivity contribution in [2.45, 2.75) is 33.4 Å². The fraction of sp³-hybridized carbons (Fsp3) is 0.400. The first-order chi connectivity index (χ1) is 9.61. The van der Waals surface area contributed by atoms with Crippen LogP contribution in [0.25, 0.3) is 0 Å². The van der Waals surface area contributed by atoms with E-state index in [1.165, 1.54) is 16.8 Å². The molecule has 0 bridgehead atoms. The summed E-state index contributed by atoms with van der Waals surface area (Å²) >= 11 is 5.90. The van der Waals surface area contributed by atoms with E-state index in [4.69, 9.17) is 11.6 Å². The smallest absolute Gasteiger partial charge is 0.129 e. The first kappa shape index (κ1) is 13.5. The van der Waals surface area contributed by atoms with Crippen LogP contribution in [0.1, 0.15) is 28.3 Å². The highest BCUT2D eigenvalue weighted by atomic mass is 35.5. The minimum Gasteiger partial charge on any atom is -0.294 e. The third-order valence-corrected chi connectivity index (χ3v) is 3.90. The number of halogens is 1. The molecule has 0 fully saturated rings. The lowest BCUT2D eigenvalue weighted by molar-refractivity contribution is 0.242. The predicted molar refractivity (Wildman–Crippen MR) is 78.6 cm³/mol. The number of hydrogen-bond donors (Lipinski definition) is 0. The zero-order chi connectivity index (χ0) is 14.1. The van der Waals surface area contributed by atoms with Gasteiger partial charge in [0.15, 0.2) is 0 Å². The van der Waals surface area contributed by atoms with Crippen molar-refractivity contribution in [2.75, 3.05) is 6.54 Å². The SMILES string of the molecule is Cc1ncc2c(n1)CCN(Cc1ccc(Cl)nc1C)C2. The predicted octanol–water partition coefficient (Wildman–Crippen LogP) is 2.70. The summed E-state index contributed by atoms with van der Waals surface area (Å²) < 4.78 is 0. The van der Waals surface area contributed by atoms with Gasteiger partial charge in [0.2, 0.25) is 0 Å². The molecule has 0 aliphatic carbocycles. The molecule has 0 radical (unpaired) electrons. The molecule has 3 rings (SSSR count). The highest BCUT2D eigenvalue weighted by Gasteiger charge is 2.18. The molecular weight excluding hydrogens is 272 g/mol. The lowest BCUT2D eigenvalue weighted by Crippen LogP contribution is -2.31. The van der Waals surface area contributed by atoms with Gasteiger partial charge in [0.1, 0.15) is 11.0 Å². The molecular formula is C15H17ClN4. The normalized spacial score (nSPS) is 15.2. The average Bonchev–Trinajstić information content (AvgIpc) is 2.42. The van der Waals surface area contributed by atoms with Gasteiger partial charge in [0.25, 0.3) is 0 Å². The van der Waals surface area contributed by atoms with Crippen LogP contribution >= 0.6 is 11.6 Å². The highest BCUT2D eigenvalue weighted by molar-refractivity contribution is 6.29. The largest absolute Gasteiger partial charge is 0.294 e. The molecule has 1 aliphatic rings. The van der Waals surface area contributed by atoms with E-state index < -0.39 is 0 Å². The van der Waals surface area contributed by atoms with Crippen LogP contribution in [-0.4, -0.2) is 26.4 Å². The fourth-order valence-corrected chi connectivity index (χ4v) is 2.77. The Labute approximate surface area is 123 Å². The Bertz CT molecular complexity index is 642. The topological polar surface area (TPSA) is 41.9 Å². The molecule has 1 aliphatic heterocycles. The summed E-state index contributed by atoms with van der Waals surface area (Å²) in [5.74, 6) is 0.856. The Morgan fingerprint density at radius 2 is 2.10 bits per heavy atom. The molecule has 5 heteroatoms. The van der Waals surface area contributed by atoms with E-state index in [1.54, 1.807) is 0 Å². The minimum atomic E-state index is 0.555. The standard InChI is InChI=1S/C15H17ClN4/c1-10-12(3-4-15(16)18-10)8-20-6-5-14-13(9-20)7-17-11(2)19-14/h3-4,7H,5-6,8-9H2,1-2H3. The van der Waals surface area contributed by atoms with Gasteiger partial charge < -0.3 is 0 Å². The minimum absolute atomic E-state index is 0.555. The molecule has 0 amide bonds. The molecule has 0 saturated carbocycles. The molecule has 0 saturated heterocycles. The van der Waals surface area contributed by atoms with Gasteiger partial charge in [-0.25, -0.2) is 15.0 Å². The van der Waals surface area contributed by atoms with Crippen LogP contribution in [0, 0.1) is 13.8 Å². The van der Waals surface area contributed by atoms with Crippen molar-refractivity contribution >= 4 is 11.6 Å². The van der Waals surface area contributed by atoms with Gasteiger partial charge in [-0.05, 0) is 25.5 Å². The van der Waals surface area contributed by atoms with Gasteiger partial charge in [0, 0.05) is 49.2 Å². The van der Waals surface area contributed by atoms with E-state index in [-0.39, 0.29) is 0 Å². The van der Waals surface area contributed by atoms with Gasteiger partial charge in [-0.15, -0.1) is 0 Å². The molecule has 20 heavy (non-hydrogen) atoms. The van der Waals surface area contributed by atoms with E-state index >= 15 is 0 Å². The molecule has 0 N–H and O–H groups in total. The number of nitrogens with zero attached hydrogens (tertiary/aromatic N) is 4. The van der Waals surface area contributed by atoms with Crippen LogP contribution in [0.15, 0.2) is 18.3 Å². The van der Waals surface area contributed by atoms with Gasteiger partial charge in [-0.2, -0.15) is 0 Å². The van der Waals surface area contributed by atoms with Gasteiger partial charge >= 0.3 is 0 Å². The van der Waals surface area contributed by atoms with Crippen LogP contribution in [0.3, 0.4) is 0 Å². The second-order valence-electron chi connectivity index (χ2n) is 5.23. The second-order valence-corrected chi connectivity index (χ2v) is 5.62. The summed E-state index contributed by atoms with van der Waals surface area (Å²) in [5.41, 5.74) is 4.66. The van der Waals surface area contributed by atoms with Crippen molar-refractivity contribution in [1.29, 1.82) is 0 Å². The van der Waals surface area contributed by atoms with Crippen LogP contribution in [-0.2, 0) is 19.5 Å². The zero-order valence-corrected chi connectivity index (χ0v) is 12.5. The summed E-state index contributed by atoms with van der Waals surface area (Å²) in [6, 6.07) is 3.92. The Morgan fingerprint density at radius 1 is 1.25 bits per heavy atom. The Hall–Kier alpha value is -1.52. The van der Waals surface area contributed by atoms with Gasteiger partial charge in [0.05, 0.1) is 0 Å².